The van der Waals surface area contributed by atoms with E-state index in [2.05, 4.69) is 56.0 Å². The second-order valence-corrected chi connectivity index (χ2v) is 5.33. The molecule has 0 bridgehead atoms. The molecule has 0 fully saturated rings. The number of rotatable bonds is 2. The van der Waals surface area contributed by atoms with Gasteiger partial charge in [-0.3, -0.25) is 0 Å². The number of hydrogen-bond donors (Lipinski definition) is 1. The van der Waals surface area contributed by atoms with Gasteiger partial charge in [0.2, 0.25) is 0 Å². The van der Waals surface area contributed by atoms with Gasteiger partial charge in [-0.2, -0.15) is 5.10 Å². The number of halogens is 2. The number of nitrogens with two attached hydrogens (primary N) is 1. The van der Waals surface area contributed by atoms with E-state index in [0.29, 0.717) is 12.4 Å². The Labute approximate surface area is 111 Å². The van der Waals surface area contributed by atoms with Gasteiger partial charge in [0.1, 0.15) is 5.82 Å². The molecule has 0 atom stereocenters. The molecule has 0 aliphatic heterocycles. The summed E-state index contributed by atoms with van der Waals surface area (Å²) in [5, 5.41) is 4.20. The Hall–Kier alpha value is -0.810. The van der Waals surface area contributed by atoms with Crippen molar-refractivity contribution in [1.82, 2.24) is 9.78 Å². The summed E-state index contributed by atoms with van der Waals surface area (Å²) < 4.78 is 3.72. The van der Waals surface area contributed by atoms with Crippen molar-refractivity contribution >= 4 is 37.7 Å². The van der Waals surface area contributed by atoms with E-state index in [4.69, 9.17) is 5.73 Å². The van der Waals surface area contributed by atoms with Crippen LogP contribution in [0, 0.1) is 6.92 Å². The van der Waals surface area contributed by atoms with Crippen molar-refractivity contribution in [3.63, 3.8) is 0 Å². The van der Waals surface area contributed by atoms with Crippen molar-refractivity contribution < 1.29 is 0 Å². The van der Waals surface area contributed by atoms with Crippen molar-refractivity contribution in [2.24, 2.45) is 0 Å². The first-order valence-corrected chi connectivity index (χ1v) is 6.38. The number of anilines is 1. The fourth-order valence-electron chi connectivity index (χ4n) is 1.48. The van der Waals surface area contributed by atoms with Crippen molar-refractivity contribution in [1.29, 1.82) is 0 Å². The van der Waals surface area contributed by atoms with Crippen LogP contribution in [0.15, 0.2) is 33.3 Å². The Bertz CT molecular complexity index is 520. The molecule has 0 amide bonds. The van der Waals surface area contributed by atoms with Gasteiger partial charge in [0, 0.05) is 4.47 Å². The van der Waals surface area contributed by atoms with Crippen LogP contribution in [0.1, 0.15) is 11.1 Å². The summed E-state index contributed by atoms with van der Waals surface area (Å²) in [5.41, 5.74) is 8.26. The van der Waals surface area contributed by atoms with Crippen LogP contribution in [0.5, 0.6) is 0 Å². The average molecular weight is 345 g/mol. The molecule has 1 aromatic carbocycles. The molecular weight excluding hydrogens is 334 g/mol. The molecule has 84 valence electrons. The van der Waals surface area contributed by atoms with E-state index in [0.717, 1.165) is 8.95 Å². The van der Waals surface area contributed by atoms with E-state index >= 15 is 0 Å². The lowest BCUT2D eigenvalue weighted by atomic mass is 10.1. The predicted octanol–water partition coefficient (Wildman–Crippen LogP) is 3.35. The highest BCUT2D eigenvalue weighted by Crippen LogP contribution is 2.21. The fourth-order valence-corrected chi connectivity index (χ4v) is 2.02. The van der Waals surface area contributed by atoms with E-state index in [1.165, 1.54) is 11.1 Å². The van der Waals surface area contributed by atoms with E-state index in [1.807, 2.05) is 6.07 Å². The summed E-state index contributed by atoms with van der Waals surface area (Å²) in [6.45, 7) is 2.75. The highest BCUT2D eigenvalue weighted by atomic mass is 79.9. The van der Waals surface area contributed by atoms with Gasteiger partial charge in [-0.25, -0.2) is 4.68 Å². The third kappa shape index (κ3) is 2.30. The summed E-state index contributed by atoms with van der Waals surface area (Å²) in [4.78, 5) is 0. The second-order valence-electron chi connectivity index (χ2n) is 3.62. The quantitative estimate of drug-likeness (QED) is 0.907. The zero-order valence-corrected chi connectivity index (χ0v) is 11.9. The number of benzene rings is 1. The maximum Gasteiger partial charge on any atom is 0.136 e. The van der Waals surface area contributed by atoms with Crippen LogP contribution >= 0.6 is 31.9 Å². The molecule has 2 N–H and O–H groups in total. The van der Waals surface area contributed by atoms with Crippen molar-refractivity contribution in [3.05, 3.63) is 44.5 Å². The Kier molecular flexibility index (Phi) is 3.35. The van der Waals surface area contributed by atoms with Crippen molar-refractivity contribution in [2.45, 2.75) is 13.5 Å². The van der Waals surface area contributed by atoms with Gasteiger partial charge >= 0.3 is 0 Å². The van der Waals surface area contributed by atoms with Gasteiger partial charge < -0.3 is 5.73 Å². The fraction of sp³-hybridized carbons (Fsp3) is 0.182. The number of nitrogen functional groups attached to an aromatic ring is 1. The number of hydrogen-bond acceptors (Lipinski definition) is 2. The third-order valence-electron chi connectivity index (χ3n) is 2.39. The van der Waals surface area contributed by atoms with Crippen LogP contribution in [0.4, 0.5) is 5.82 Å². The Morgan fingerprint density at radius 2 is 2.06 bits per heavy atom. The summed E-state index contributed by atoms with van der Waals surface area (Å²) >= 11 is 6.82. The molecule has 2 aromatic rings. The molecule has 5 heteroatoms. The minimum atomic E-state index is 0.653. The van der Waals surface area contributed by atoms with Crippen molar-refractivity contribution in [2.75, 3.05) is 5.73 Å². The second kappa shape index (κ2) is 4.59. The molecule has 3 nitrogen and oxygen atoms in total. The first-order valence-electron chi connectivity index (χ1n) is 4.79. The molecule has 1 aromatic heterocycles. The minimum Gasteiger partial charge on any atom is -0.383 e. The zero-order chi connectivity index (χ0) is 11.7. The summed E-state index contributed by atoms with van der Waals surface area (Å²) in [5.74, 6) is 0.653. The number of aromatic nitrogens is 2. The molecule has 0 radical (unpaired) electrons. The van der Waals surface area contributed by atoms with Crippen molar-refractivity contribution in [3.8, 4) is 0 Å². The highest BCUT2D eigenvalue weighted by Gasteiger charge is 2.05. The van der Waals surface area contributed by atoms with Crippen LogP contribution < -0.4 is 5.73 Å². The lowest BCUT2D eigenvalue weighted by Gasteiger charge is -2.06. The molecule has 0 saturated heterocycles. The predicted molar refractivity (Wildman–Crippen MR) is 72.3 cm³/mol. The van der Waals surface area contributed by atoms with Gasteiger partial charge in [0.05, 0.1) is 17.2 Å². The van der Waals surface area contributed by atoms with Gasteiger partial charge in [-0.05, 0) is 40.0 Å². The maximum absolute atomic E-state index is 5.86. The molecule has 0 aliphatic carbocycles. The lowest BCUT2D eigenvalue weighted by Crippen LogP contribution is -2.06. The van der Waals surface area contributed by atoms with Crippen LogP contribution in [0.25, 0.3) is 0 Å². The summed E-state index contributed by atoms with van der Waals surface area (Å²) in [6, 6.07) is 6.23. The van der Waals surface area contributed by atoms with Crippen LogP contribution in [0.2, 0.25) is 0 Å². The largest absolute Gasteiger partial charge is 0.383 e. The monoisotopic (exact) mass is 343 g/mol. The minimum absolute atomic E-state index is 0.653. The Balaban J connectivity index is 2.27. The van der Waals surface area contributed by atoms with Crippen LogP contribution in [0.3, 0.4) is 0 Å². The molecule has 16 heavy (non-hydrogen) atoms. The molecule has 2 rings (SSSR count). The normalized spacial score (nSPS) is 10.7. The summed E-state index contributed by atoms with van der Waals surface area (Å²) in [6.07, 6.45) is 1.71. The molecular formula is C11H11Br2N3. The molecule has 0 aliphatic rings. The van der Waals surface area contributed by atoms with Gasteiger partial charge in [-0.1, -0.05) is 28.1 Å². The van der Waals surface area contributed by atoms with E-state index < -0.39 is 0 Å². The summed E-state index contributed by atoms with van der Waals surface area (Å²) in [7, 11) is 0. The standard InChI is InChI=1S/C11H11Br2N3/c1-7-4-8(2-3-9(7)12)6-16-11(14)10(13)5-15-16/h2-5H,6,14H2,1H3. The molecule has 0 unspecified atom stereocenters. The first-order chi connectivity index (χ1) is 7.58. The number of aryl methyl sites for hydroxylation is 1. The third-order valence-corrected chi connectivity index (χ3v) is 3.89. The Morgan fingerprint density at radius 1 is 1.31 bits per heavy atom. The van der Waals surface area contributed by atoms with Crippen LogP contribution in [-0.4, -0.2) is 9.78 Å². The SMILES string of the molecule is Cc1cc(Cn2ncc(Br)c2N)ccc1Br. The van der Waals surface area contributed by atoms with E-state index in [-0.39, 0.29) is 0 Å². The Morgan fingerprint density at radius 3 is 2.62 bits per heavy atom. The maximum atomic E-state index is 5.86. The topological polar surface area (TPSA) is 43.8 Å². The molecule has 0 saturated carbocycles. The highest BCUT2D eigenvalue weighted by molar-refractivity contribution is 9.10. The van der Waals surface area contributed by atoms with Gasteiger partial charge in [0.15, 0.2) is 0 Å². The smallest absolute Gasteiger partial charge is 0.136 e. The number of nitrogens with zero attached hydrogens (tertiary/aromatic N) is 2. The van der Waals surface area contributed by atoms with Gasteiger partial charge in [-0.15, -0.1) is 0 Å². The van der Waals surface area contributed by atoms with E-state index in [1.54, 1.807) is 10.9 Å². The average Bonchev–Trinajstić information content (AvgIpc) is 2.55. The zero-order valence-electron chi connectivity index (χ0n) is 8.74. The molecule has 0 spiro atoms. The molecule has 1 heterocycles. The van der Waals surface area contributed by atoms with Gasteiger partial charge in [0.25, 0.3) is 0 Å². The first kappa shape index (κ1) is 11.7. The van der Waals surface area contributed by atoms with Crippen LogP contribution in [-0.2, 0) is 6.54 Å². The lowest BCUT2D eigenvalue weighted by molar-refractivity contribution is 0.696. The van der Waals surface area contributed by atoms with E-state index in [9.17, 15) is 0 Å².